The number of para-hydroxylation sites is 3. The first-order chi connectivity index (χ1) is 25.8. The number of fused-ring (bicyclic) bond motifs is 13. The summed E-state index contributed by atoms with van der Waals surface area (Å²) in [7, 11) is 0. The topological polar surface area (TPSA) is 17.3 Å². The molecule has 0 saturated carbocycles. The summed E-state index contributed by atoms with van der Waals surface area (Å²) in [4.78, 5) is 6.70. The van der Waals surface area contributed by atoms with E-state index < -0.39 is 0 Å². The summed E-state index contributed by atoms with van der Waals surface area (Å²) in [5.41, 5.74) is 13.7. The van der Waals surface area contributed by atoms with Gasteiger partial charge in [-0.1, -0.05) is 115 Å². The molecule has 0 spiro atoms. The van der Waals surface area contributed by atoms with E-state index >= 15 is 0 Å². The van der Waals surface area contributed by atoms with Crippen LogP contribution in [0.25, 0.3) is 104 Å². The van der Waals surface area contributed by atoms with E-state index in [2.05, 4.69) is 162 Å². The number of rotatable bonds is 3. The van der Waals surface area contributed by atoms with E-state index in [9.17, 15) is 0 Å². The maximum absolute atomic E-state index is 5.21. The molecule has 0 unspecified atom stereocenters. The van der Waals surface area contributed by atoms with Crippen molar-refractivity contribution < 1.29 is 0 Å². The number of allylic oxidation sites excluding steroid dienone is 1. The van der Waals surface area contributed by atoms with Crippen molar-refractivity contribution >= 4 is 92.8 Å². The molecule has 1 aliphatic carbocycles. The van der Waals surface area contributed by atoms with Gasteiger partial charge in [-0.05, 0) is 83.1 Å². The van der Waals surface area contributed by atoms with Crippen molar-refractivity contribution in [2.24, 2.45) is 0 Å². The van der Waals surface area contributed by atoms with Crippen LogP contribution in [-0.2, 0) is 6.42 Å². The van der Waals surface area contributed by atoms with Gasteiger partial charge < -0.3 is 4.40 Å². The number of benzene rings is 7. The second kappa shape index (κ2) is 10.6. The Hall–Kier alpha value is -6.29. The molecule has 7 aromatic carbocycles. The predicted molar refractivity (Wildman–Crippen MR) is 223 cm³/mol. The minimum absolute atomic E-state index is 1.04. The Bertz CT molecular complexity index is 3190. The van der Waals surface area contributed by atoms with E-state index in [1.54, 1.807) is 0 Å². The van der Waals surface area contributed by atoms with Crippen molar-refractivity contribution in [2.45, 2.75) is 12.8 Å². The molecule has 0 amide bonds. The van der Waals surface area contributed by atoms with Crippen LogP contribution in [-0.4, -0.2) is 9.38 Å². The molecule has 0 saturated heterocycles. The van der Waals surface area contributed by atoms with Crippen LogP contribution in [0.3, 0.4) is 0 Å². The lowest BCUT2D eigenvalue weighted by molar-refractivity contribution is 1.03. The Morgan fingerprint density at radius 2 is 1.13 bits per heavy atom. The molecule has 242 valence electrons. The molecule has 11 aromatic rings. The highest BCUT2D eigenvalue weighted by Gasteiger charge is 2.23. The predicted octanol–water partition coefficient (Wildman–Crippen LogP) is 13.6. The summed E-state index contributed by atoms with van der Waals surface area (Å²) in [6.07, 6.45) is 4.59. The van der Waals surface area contributed by atoms with Gasteiger partial charge in [-0.3, -0.25) is 0 Å². The molecule has 52 heavy (non-hydrogen) atoms. The zero-order valence-electron chi connectivity index (χ0n) is 28.2. The van der Waals surface area contributed by atoms with Gasteiger partial charge in [0.1, 0.15) is 0 Å². The number of thiophene rings is 1. The van der Waals surface area contributed by atoms with Crippen LogP contribution in [0.2, 0.25) is 0 Å². The van der Waals surface area contributed by atoms with Gasteiger partial charge in [0.15, 0.2) is 0 Å². The van der Waals surface area contributed by atoms with E-state index in [0.29, 0.717) is 0 Å². The highest BCUT2D eigenvalue weighted by molar-refractivity contribution is 7.19. The maximum Gasteiger partial charge on any atom is 0.0788 e. The molecule has 0 atom stereocenters. The highest BCUT2D eigenvalue weighted by atomic mass is 32.1. The minimum Gasteiger partial charge on any atom is -0.308 e. The van der Waals surface area contributed by atoms with Crippen molar-refractivity contribution in [3.8, 4) is 22.4 Å². The van der Waals surface area contributed by atoms with E-state index in [1.807, 2.05) is 11.3 Å². The van der Waals surface area contributed by atoms with Crippen LogP contribution >= 0.6 is 11.3 Å². The van der Waals surface area contributed by atoms with Gasteiger partial charge in [0, 0.05) is 58.2 Å². The van der Waals surface area contributed by atoms with E-state index in [1.165, 1.54) is 97.0 Å². The van der Waals surface area contributed by atoms with Gasteiger partial charge in [0.05, 0.1) is 27.8 Å². The molecule has 0 bridgehead atoms. The van der Waals surface area contributed by atoms with Crippen LogP contribution in [0.1, 0.15) is 22.4 Å². The maximum atomic E-state index is 5.21. The van der Waals surface area contributed by atoms with Crippen LogP contribution < -0.4 is 0 Å². The molecule has 4 heterocycles. The fraction of sp³-hybridized carbons (Fsp3) is 0.0408. The summed E-state index contributed by atoms with van der Waals surface area (Å²) in [6, 6.07) is 55.7. The fourth-order valence-electron chi connectivity index (χ4n) is 9.07. The Morgan fingerprint density at radius 3 is 1.88 bits per heavy atom. The number of hydrogen-bond acceptors (Lipinski definition) is 2. The minimum atomic E-state index is 1.04. The van der Waals surface area contributed by atoms with E-state index in [-0.39, 0.29) is 0 Å². The lowest BCUT2D eigenvalue weighted by atomic mass is 9.89. The summed E-state index contributed by atoms with van der Waals surface area (Å²) < 4.78 is 3.80. The molecule has 0 aliphatic heterocycles. The van der Waals surface area contributed by atoms with Crippen molar-refractivity contribution in [2.75, 3.05) is 0 Å². The molecule has 1 aliphatic rings. The third-order valence-electron chi connectivity index (χ3n) is 11.4. The third-order valence-corrected chi connectivity index (χ3v) is 12.6. The fourth-order valence-corrected chi connectivity index (χ4v) is 10.3. The smallest absolute Gasteiger partial charge is 0.0788 e. The highest BCUT2D eigenvalue weighted by Crippen LogP contribution is 2.47. The zero-order valence-corrected chi connectivity index (χ0v) is 29.0. The molecule has 0 N–H and O–H groups in total. The summed E-state index contributed by atoms with van der Waals surface area (Å²) in [5.74, 6) is 0. The van der Waals surface area contributed by atoms with Crippen molar-refractivity contribution in [3.63, 3.8) is 0 Å². The standard InChI is InChI=1S/C49H30N2S/c1-2-10-31(11-3-1)48-37-23-25-45-47(46(37)36-14-4-7-15-41(36)50-48)40-26-32(22-24-44(40)52-45)29-18-20-30(21-19-29)33-27-38-34-12-5-8-16-42(34)51-43-17-9-6-13-35(43)39(28-33)49(38)51/h1-21,23,25-28H,22,24H2. The molecular formula is C49H30N2S. The quantitative estimate of drug-likeness (QED) is 0.170. The van der Waals surface area contributed by atoms with Gasteiger partial charge in [-0.15, -0.1) is 11.3 Å². The normalized spacial score (nSPS) is 13.3. The molecule has 2 nitrogen and oxygen atoms in total. The number of hydrogen-bond donors (Lipinski definition) is 0. The van der Waals surface area contributed by atoms with E-state index in [4.69, 9.17) is 4.98 Å². The number of nitrogens with zero attached hydrogens (tertiary/aromatic N) is 2. The summed E-state index contributed by atoms with van der Waals surface area (Å²) in [5, 5.41) is 10.4. The van der Waals surface area contributed by atoms with Crippen LogP contribution in [0, 0.1) is 0 Å². The average Bonchev–Trinajstić information content (AvgIpc) is 3.87. The number of pyridine rings is 1. The van der Waals surface area contributed by atoms with Gasteiger partial charge in [0.2, 0.25) is 0 Å². The first kappa shape index (κ1) is 28.4. The Balaban J connectivity index is 1.01. The number of aromatic nitrogens is 2. The van der Waals surface area contributed by atoms with E-state index in [0.717, 1.165) is 29.6 Å². The SMILES string of the molecule is C1=C(c2ccc(-c3cc4c5ccccc5n5c6ccccc6c(c3)c45)cc2)CCc2sc3ccc4c(-c5ccccc5)nc5ccccc5c4c3c21. The zero-order chi connectivity index (χ0) is 33.9. The van der Waals surface area contributed by atoms with Gasteiger partial charge in [-0.2, -0.15) is 0 Å². The van der Waals surface area contributed by atoms with Crippen molar-refractivity contribution in [1.29, 1.82) is 0 Å². The van der Waals surface area contributed by atoms with Crippen LogP contribution in [0.4, 0.5) is 0 Å². The molecule has 0 fully saturated rings. The van der Waals surface area contributed by atoms with Crippen molar-refractivity contribution in [3.05, 3.63) is 168 Å². The Kier molecular flexibility index (Phi) is 5.80. The first-order valence-electron chi connectivity index (χ1n) is 18.1. The molecule has 0 radical (unpaired) electrons. The van der Waals surface area contributed by atoms with Crippen LogP contribution in [0.5, 0.6) is 0 Å². The number of aryl methyl sites for hydroxylation is 1. The van der Waals surface area contributed by atoms with Crippen molar-refractivity contribution in [1.82, 2.24) is 9.38 Å². The molecule has 4 aromatic heterocycles. The lowest BCUT2D eigenvalue weighted by Gasteiger charge is -2.16. The van der Waals surface area contributed by atoms with Gasteiger partial charge in [0.25, 0.3) is 0 Å². The second-order valence-corrected chi connectivity index (χ2v) is 15.3. The molecular weight excluding hydrogens is 649 g/mol. The second-order valence-electron chi connectivity index (χ2n) is 14.2. The van der Waals surface area contributed by atoms with Crippen LogP contribution in [0.15, 0.2) is 152 Å². The summed E-state index contributed by atoms with van der Waals surface area (Å²) in [6.45, 7) is 0. The van der Waals surface area contributed by atoms with Gasteiger partial charge in [-0.25, -0.2) is 4.98 Å². The largest absolute Gasteiger partial charge is 0.308 e. The Morgan fingerprint density at radius 1 is 0.481 bits per heavy atom. The molecule has 12 rings (SSSR count). The average molecular weight is 679 g/mol. The third kappa shape index (κ3) is 3.91. The van der Waals surface area contributed by atoms with Gasteiger partial charge >= 0.3 is 0 Å². The molecule has 3 heteroatoms. The summed E-state index contributed by atoms with van der Waals surface area (Å²) >= 11 is 1.96. The Labute approximate surface area is 303 Å². The first-order valence-corrected chi connectivity index (χ1v) is 18.9. The lowest BCUT2D eigenvalue weighted by Crippen LogP contribution is -1.96. The monoisotopic (exact) mass is 678 g/mol.